The van der Waals surface area contributed by atoms with E-state index < -0.39 is 83.0 Å². The van der Waals surface area contributed by atoms with E-state index in [1.807, 2.05) is 80.3 Å². The molecule has 7 aromatic rings. The van der Waals surface area contributed by atoms with Gasteiger partial charge in [0.1, 0.15) is 5.82 Å². The first-order valence-electron chi connectivity index (χ1n) is 29.6. The van der Waals surface area contributed by atoms with Crippen LogP contribution in [0, 0.1) is 53.2 Å². The minimum Gasteiger partial charge on any atom is -0.478 e. The lowest BCUT2D eigenvalue weighted by molar-refractivity contribution is 0.0524. The van der Waals surface area contributed by atoms with Gasteiger partial charge < -0.3 is 34.5 Å². The van der Waals surface area contributed by atoms with Gasteiger partial charge in [-0.1, -0.05) is 66.0 Å². The number of esters is 1. The van der Waals surface area contributed by atoms with Gasteiger partial charge >= 0.3 is 11.9 Å². The summed E-state index contributed by atoms with van der Waals surface area (Å²) in [7, 11) is 0. The molecular weight excluding hydrogens is 1580 g/mol. The Bertz CT molecular complexity index is 3980. The highest BCUT2D eigenvalue weighted by molar-refractivity contribution is 9.11. The minimum atomic E-state index is -2.48. The molecule has 8 aliphatic rings. The molecule has 498 valence electrons. The number of fused-ring (bicyclic) bond motifs is 4. The van der Waals surface area contributed by atoms with Crippen molar-refractivity contribution in [2.24, 2.45) is 47.3 Å². The number of halogens is 14. The van der Waals surface area contributed by atoms with Gasteiger partial charge in [-0.3, -0.25) is 19.0 Å². The number of hydrogen-bond acceptors (Lipinski definition) is 12. The highest BCUT2D eigenvalue weighted by Gasteiger charge is 2.74. The highest BCUT2D eigenvalue weighted by Crippen LogP contribution is 2.62. The smallest absolute Gasteiger partial charge is 0.341 e. The van der Waals surface area contributed by atoms with Gasteiger partial charge in [-0.25, -0.2) is 49.1 Å². The third kappa shape index (κ3) is 14.5. The SMILES string of the molecule is CCOC(=O)c1cnn(Cc2ccc(N3CC4C(C3)C4(F)F)cc2Br)c1.O=C(O)c1cnn(Cc2ccc(N3CC4C(C3)C4(F)F)cc2Br)c1.O=Cc1ccc(F)cc1Br.O=Cc1ccc(N2CC3C(C2)C3(F)F)cc1Br.OCc1ccc(N2CC3C(C2)C3(F)F)cc1Br. The standard InChI is InChI=1S/C18H18BrF2N3O2.C16H14BrF2N3O2.C12H12BrF2NO.C12H10BrF2NO.C7H4BrFO/c1-2-26-17(25)12-6-22-24(8-12)7-11-3-4-13(5-16(11)19)23-9-14-15(10-23)18(14,20)21;17-14-3-11(21-7-12-13(8-21)16(12,18)19)2-1-9(14)5-22-6-10(4-20-22)15(23)24;2*13-11-3-8(2-1-7(11)6-17)16-4-9-10(5-16)12(9,14)15;8-7-3-6(9)2-1-5(7)4-10/h3-6,8,14-15H,2,7,9-10H2,1H3;1-4,6,12-13H,5,7-8H2,(H,23,24);1-3,9-10,17H,4-6H2;1-3,6,9-10H,4-5H2;1-4H. The van der Waals surface area contributed by atoms with Crippen LogP contribution in [0.25, 0.3) is 0 Å². The van der Waals surface area contributed by atoms with Crippen molar-refractivity contribution in [3.8, 4) is 0 Å². The number of benzene rings is 5. The lowest BCUT2D eigenvalue weighted by Crippen LogP contribution is -2.27. The van der Waals surface area contributed by atoms with Crippen LogP contribution in [0.1, 0.15) is 65.0 Å². The van der Waals surface area contributed by atoms with Crippen LogP contribution in [0.4, 0.5) is 62.3 Å². The maximum absolute atomic E-state index is 13.3. The molecule has 4 aliphatic carbocycles. The fraction of sp³-hybridized carbons (Fsp3) is 0.385. The molecule has 4 saturated heterocycles. The third-order valence-electron chi connectivity index (χ3n) is 18.4. The van der Waals surface area contributed by atoms with Crippen molar-refractivity contribution in [3.63, 3.8) is 0 Å². The summed E-state index contributed by atoms with van der Waals surface area (Å²) < 4.78 is 130. The second-order valence-electron chi connectivity index (χ2n) is 24.1. The van der Waals surface area contributed by atoms with E-state index in [1.54, 1.807) is 34.6 Å². The number of aromatic nitrogens is 4. The normalized spacial score (nSPS) is 24.0. The summed E-state index contributed by atoms with van der Waals surface area (Å²) in [5, 5.41) is 26.2. The number of hydrogen-bond donors (Lipinski definition) is 2. The van der Waals surface area contributed by atoms with E-state index in [-0.39, 0.29) is 18.0 Å². The number of anilines is 4. The van der Waals surface area contributed by atoms with Gasteiger partial charge in [0, 0.05) is 121 Å². The number of aliphatic hydroxyl groups excluding tert-OH is 1. The van der Waals surface area contributed by atoms with Gasteiger partial charge in [-0.15, -0.1) is 0 Å². The first-order valence-corrected chi connectivity index (χ1v) is 33.6. The second kappa shape index (κ2) is 27.3. The number of piperidine rings is 4. The van der Waals surface area contributed by atoms with Crippen molar-refractivity contribution in [2.45, 2.75) is 50.3 Å². The van der Waals surface area contributed by atoms with E-state index >= 15 is 0 Å². The summed E-state index contributed by atoms with van der Waals surface area (Å²) in [6.07, 6.45) is 7.35. The molecule has 15 rings (SSSR count). The first kappa shape index (κ1) is 69.1. The van der Waals surface area contributed by atoms with E-state index in [0.717, 1.165) is 59.1 Å². The fourth-order valence-electron chi connectivity index (χ4n) is 12.5. The summed E-state index contributed by atoms with van der Waals surface area (Å²) in [5.41, 5.74) is 8.01. The Kier molecular flexibility index (Phi) is 20.1. The van der Waals surface area contributed by atoms with E-state index in [9.17, 15) is 58.7 Å². The molecule has 4 saturated carbocycles. The molecule has 0 spiro atoms. The van der Waals surface area contributed by atoms with Crippen molar-refractivity contribution in [3.05, 3.63) is 183 Å². The molecule has 8 fully saturated rings. The topological polar surface area (TPSA) is 167 Å². The number of nitrogens with zero attached hydrogens (tertiary/aromatic N) is 8. The Morgan fingerprint density at radius 3 is 1.13 bits per heavy atom. The maximum Gasteiger partial charge on any atom is 0.341 e. The molecular formula is C65H58Br5F9N8O7. The van der Waals surface area contributed by atoms with E-state index in [4.69, 9.17) is 14.9 Å². The highest BCUT2D eigenvalue weighted by atomic mass is 79.9. The zero-order valence-corrected chi connectivity index (χ0v) is 57.5. The van der Waals surface area contributed by atoms with Crippen LogP contribution in [-0.2, 0) is 24.4 Å². The second-order valence-corrected chi connectivity index (χ2v) is 28.4. The van der Waals surface area contributed by atoms with Crippen LogP contribution < -0.4 is 19.6 Å². The predicted molar refractivity (Wildman–Crippen MR) is 349 cm³/mol. The molecule has 0 bridgehead atoms. The molecule has 5 aromatic carbocycles. The molecule has 0 radical (unpaired) electrons. The molecule has 2 aromatic heterocycles. The third-order valence-corrected chi connectivity index (χ3v) is 22.0. The summed E-state index contributed by atoms with van der Waals surface area (Å²) in [6, 6.07) is 26.4. The van der Waals surface area contributed by atoms with Crippen molar-refractivity contribution >= 4 is 127 Å². The Labute approximate surface area is 575 Å². The molecule has 4 aliphatic heterocycles. The first-order chi connectivity index (χ1) is 44.6. The quantitative estimate of drug-likeness (QED) is 0.0600. The van der Waals surface area contributed by atoms with Gasteiger partial charge in [0.05, 0.1) is 97.2 Å². The molecule has 94 heavy (non-hydrogen) atoms. The van der Waals surface area contributed by atoms with Crippen molar-refractivity contribution in [1.29, 1.82) is 0 Å². The van der Waals surface area contributed by atoms with Crippen LogP contribution in [0.3, 0.4) is 0 Å². The monoisotopic (exact) mass is 1630 g/mol. The average molecular weight is 1630 g/mol. The van der Waals surface area contributed by atoms with Gasteiger partial charge in [-0.2, -0.15) is 10.2 Å². The number of ether oxygens (including phenoxy) is 1. The Morgan fingerprint density at radius 2 is 0.819 bits per heavy atom. The largest absolute Gasteiger partial charge is 0.478 e. The van der Waals surface area contributed by atoms with Crippen molar-refractivity contribution in [2.75, 3.05) is 78.6 Å². The lowest BCUT2D eigenvalue weighted by atomic mass is 10.2. The zero-order valence-electron chi connectivity index (χ0n) is 49.5. The summed E-state index contributed by atoms with van der Waals surface area (Å²) in [4.78, 5) is 51.4. The molecule has 8 unspecified atom stereocenters. The van der Waals surface area contributed by atoms with E-state index in [0.29, 0.717) is 104 Å². The van der Waals surface area contributed by atoms with Crippen LogP contribution in [-0.4, -0.2) is 137 Å². The van der Waals surface area contributed by atoms with Gasteiger partial charge in [0.15, 0.2) is 12.6 Å². The number of alkyl halides is 8. The van der Waals surface area contributed by atoms with Crippen LogP contribution in [0.5, 0.6) is 0 Å². The Hall–Kier alpha value is -6.27. The van der Waals surface area contributed by atoms with Crippen LogP contribution >= 0.6 is 79.6 Å². The Balaban J connectivity index is 0.000000123. The van der Waals surface area contributed by atoms with Crippen molar-refractivity contribution < 1.29 is 73.6 Å². The fourth-order valence-corrected chi connectivity index (χ4v) is 14.9. The predicted octanol–water partition coefficient (Wildman–Crippen LogP) is 14.7. The number of aromatic carboxylic acids is 1. The molecule has 15 nitrogen and oxygen atoms in total. The van der Waals surface area contributed by atoms with Gasteiger partial charge in [-0.05, 0) is 128 Å². The molecule has 8 atom stereocenters. The van der Waals surface area contributed by atoms with E-state index in [2.05, 4.69) is 89.8 Å². The minimum absolute atomic E-state index is 0.0236. The Morgan fingerprint density at radius 1 is 0.500 bits per heavy atom. The number of aldehydes is 2. The van der Waals surface area contributed by atoms with Crippen LogP contribution in [0.2, 0.25) is 0 Å². The number of aliphatic hydroxyl groups is 1. The zero-order chi connectivity index (χ0) is 67.5. The van der Waals surface area contributed by atoms with Gasteiger partial charge in [0.2, 0.25) is 0 Å². The summed E-state index contributed by atoms with van der Waals surface area (Å²) in [5.74, 6) is -15.5. The maximum atomic E-state index is 13.3. The van der Waals surface area contributed by atoms with Gasteiger partial charge in [0.25, 0.3) is 23.7 Å². The molecule has 2 N–H and O–H groups in total. The number of carboxylic acids is 1. The van der Waals surface area contributed by atoms with Crippen molar-refractivity contribution in [1.82, 2.24) is 19.6 Å². The summed E-state index contributed by atoms with van der Waals surface area (Å²) in [6.45, 7) is 6.25. The average Bonchev–Trinajstić information content (AvgIpc) is 1.58. The number of carbonyl (C=O) groups is 4. The number of carbonyl (C=O) groups excluding carboxylic acids is 3. The molecule has 0 amide bonds. The lowest BCUT2D eigenvalue weighted by Gasteiger charge is -2.22. The number of rotatable bonds is 14. The molecule has 29 heteroatoms. The van der Waals surface area contributed by atoms with E-state index in [1.165, 1.54) is 36.8 Å². The van der Waals surface area contributed by atoms with Crippen LogP contribution in [0.15, 0.2) is 138 Å². The summed E-state index contributed by atoms with van der Waals surface area (Å²) >= 11 is 16.8. The molecule has 6 heterocycles. The number of carboxylic acid groups (broad SMARTS) is 1.